The summed E-state index contributed by atoms with van der Waals surface area (Å²) in [5.74, 6) is 0. The molecule has 6 heteroatoms. The van der Waals surface area contributed by atoms with Gasteiger partial charge in [0.25, 0.3) is 0 Å². The smallest absolute Gasteiger partial charge is 0.319 e. The van der Waals surface area contributed by atoms with Crippen LogP contribution < -0.4 is 16.4 Å². The Balaban J connectivity index is 1.90. The van der Waals surface area contributed by atoms with Crippen LogP contribution >= 0.6 is 11.3 Å². The predicted octanol–water partition coefficient (Wildman–Crippen LogP) is 3.63. The molecule has 0 radical (unpaired) electrons. The third kappa shape index (κ3) is 4.73. The third-order valence-electron chi connectivity index (χ3n) is 3.48. The molecule has 2 aromatic rings. The Morgan fingerprint density at radius 3 is 2.50 bits per heavy atom. The Morgan fingerprint density at radius 2 is 1.95 bits per heavy atom. The zero-order valence-corrected chi connectivity index (χ0v) is 13.7. The number of nitrogens with two attached hydrogens (primary N) is 1. The van der Waals surface area contributed by atoms with Gasteiger partial charge in [0.2, 0.25) is 0 Å². The van der Waals surface area contributed by atoms with E-state index < -0.39 is 0 Å². The van der Waals surface area contributed by atoms with Crippen molar-refractivity contribution in [1.82, 2.24) is 10.3 Å². The minimum atomic E-state index is -0.156. The van der Waals surface area contributed by atoms with E-state index in [1.165, 1.54) is 11.3 Å². The van der Waals surface area contributed by atoms with Gasteiger partial charge >= 0.3 is 6.03 Å². The molecule has 0 saturated carbocycles. The van der Waals surface area contributed by atoms with Crippen molar-refractivity contribution in [3.05, 3.63) is 40.9 Å². The quantitative estimate of drug-likeness (QED) is 0.761. The van der Waals surface area contributed by atoms with E-state index in [9.17, 15) is 4.79 Å². The Kier molecular flexibility index (Phi) is 5.77. The summed E-state index contributed by atoms with van der Waals surface area (Å²) in [5.41, 5.74) is 7.58. The highest BCUT2D eigenvalue weighted by Gasteiger charge is 2.08. The minimum Gasteiger partial charge on any atom is -0.375 e. The van der Waals surface area contributed by atoms with Crippen molar-refractivity contribution < 1.29 is 4.79 Å². The topological polar surface area (TPSA) is 80.0 Å². The van der Waals surface area contributed by atoms with Crippen LogP contribution in [-0.2, 0) is 6.42 Å². The van der Waals surface area contributed by atoms with Crippen molar-refractivity contribution in [2.75, 3.05) is 11.1 Å². The van der Waals surface area contributed by atoms with Crippen molar-refractivity contribution >= 4 is 28.2 Å². The number of hydrogen-bond donors (Lipinski definition) is 3. The fourth-order valence-electron chi connectivity index (χ4n) is 2.16. The van der Waals surface area contributed by atoms with E-state index in [1.807, 2.05) is 24.3 Å². The SMILES string of the molecule is CCC(CC)NC(=O)Nc1ccc(Cc2cnc(N)s2)cc1. The van der Waals surface area contributed by atoms with Crippen molar-refractivity contribution in [1.29, 1.82) is 0 Å². The molecule has 0 atom stereocenters. The van der Waals surface area contributed by atoms with Gasteiger partial charge in [-0.2, -0.15) is 0 Å². The molecular weight excluding hydrogens is 296 g/mol. The summed E-state index contributed by atoms with van der Waals surface area (Å²) in [6, 6.07) is 7.89. The lowest BCUT2D eigenvalue weighted by atomic mass is 10.1. The average Bonchev–Trinajstić information content (AvgIpc) is 2.92. The van der Waals surface area contributed by atoms with Crippen molar-refractivity contribution in [3.8, 4) is 0 Å². The molecule has 1 heterocycles. The predicted molar refractivity (Wildman–Crippen MR) is 92.3 cm³/mol. The highest BCUT2D eigenvalue weighted by atomic mass is 32.1. The van der Waals surface area contributed by atoms with E-state index in [2.05, 4.69) is 29.5 Å². The Labute approximate surface area is 135 Å². The first-order valence-corrected chi connectivity index (χ1v) is 8.29. The molecule has 2 rings (SSSR count). The lowest BCUT2D eigenvalue weighted by molar-refractivity contribution is 0.247. The second kappa shape index (κ2) is 7.79. The fraction of sp³-hybridized carbons (Fsp3) is 0.375. The van der Waals surface area contributed by atoms with E-state index in [4.69, 9.17) is 5.73 Å². The summed E-state index contributed by atoms with van der Waals surface area (Å²) in [4.78, 5) is 17.1. The average molecular weight is 318 g/mol. The first-order valence-electron chi connectivity index (χ1n) is 7.47. The van der Waals surface area contributed by atoms with Gasteiger partial charge < -0.3 is 16.4 Å². The maximum atomic E-state index is 11.9. The molecule has 22 heavy (non-hydrogen) atoms. The molecule has 1 aromatic heterocycles. The number of nitrogens with one attached hydrogen (secondary N) is 2. The van der Waals surface area contributed by atoms with Gasteiger partial charge in [-0.05, 0) is 30.5 Å². The second-order valence-corrected chi connectivity index (χ2v) is 6.30. The number of rotatable bonds is 6. The van der Waals surface area contributed by atoms with E-state index in [-0.39, 0.29) is 12.1 Å². The summed E-state index contributed by atoms with van der Waals surface area (Å²) in [6.07, 6.45) is 4.46. The lowest BCUT2D eigenvalue weighted by Crippen LogP contribution is -2.37. The summed E-state index contributed by atoms with van der Waals surface area (Å²) in [7, 11) is 0. The van der Waals surface area contributed by atoms with Crippen LogP contribution in [-0.4, -0.2) is 17.1 Å². The number of benzene rings is 1. The highest BCUT2D eigenvalue weighted by Crippen LogP contribution is 2.19. The van der Waals surface area contributed by atoms with Gasteiger partial charge in [-0.25, -0.2) is 9.78 Å². The van der Waals surface area contributed by atoms with Crippen molar-refractivity contribution in [3.63, 3.8) is 0 Å². The number of anilines is 2. The molecule has 0 aliphatic heterocycles. The van der Waals surface area contributed by atoms with Gasteiger partial charge in [0.15, 0.2) is 5.13 Å². The minimum absolute atomic E-state index is 0.156. The number of hydrogen-bond acceptors (Lipinski definition) is 4. The van der Waals surface area contributed by atoms with Crippen LogP contribution in [0.5, 0.6) is 0 Å². The molecule has 1 aromatic carbocycles. The lowest BCUT2D eigenvalue weighted by Gasteiger charge is -2.15. The Morgan fingerprint density at radius 1 is 1.27 bits per heavy atom. The summed E-state index contributed by atoms with van der Waals surface area (Å²) in [6.45, 7) is 4.13. The van der Waals surface area contributed by atoms with Crippen LogP contribution in [0.15, 0.2) is 30.5 Å². The maximum absolute atomic E-state index is 11.9. The number of carbonyl (C=O) groups is 1. The molecule has 0 aliphatic carbocycles. The Hall–Kier alpha value is -2.08. The number of carbonyl (C=O) groups excluding carboxylic acids is 1. The van der Waals surface area contributed by atoms with E-state index >= 15 is 0 Å². The molecular formula is C16H22N4OS. The number of urea groups is 1. The van der Waals surface area contributed by atoms with Crippen LogP contribution in [0.2, 0.25) is 0 Å². The maximum Gasteiger partial charge on any atom is 0.319 e. The second-order valence-electron chi connectivity index (χ2n) is 5.15. The van der Waals surface area contributed by atoms with Crippen molar-refractivity contribution in [2.45, 2.75) is 39.2 Å². The van der Waals surface area contributed by atoms with Gasteiger partial charge in [0.05, 0.1) is 0 Å². The fourth-order valence-corrected chi connectivity index (χ4v) is 2.88. The molecule has 0 aliphatic rings. The number of amides is 2. The zero-order valence-electron chi connectivity index (χ0n) is 12.9. The van der Waals surface area contributed by atoms with Crippen LogP contribution in [0.25, 0.3) is 0 Å². The molecule has 0 unspecified atom stereocenters. The summed E-state index contributed by atoms with van der Waals surface area (Å²) >= 11 is 1.50. The molecule has 4 N–H and O–H groups in total. The van der Waals surface area contributed by atoms with E-state index in [1.54, 1.807) is 6.20 Å². The van der Waals surface area contributed by atoms with Crippen LogP contribution in [0, 0.1) is 0 Å². The third-order valence-corrected chi connectivity index (χ3v) is 4.31. The standard InChI is InChI=1S/C16H22N4OS/c1-3-12(4-2)19-16(21)20-13-7-5-11(6-8-13)9-14-10-18-15(17)22-14/h5-8,10,12H,3-4,9H2,1-2H3,(H2,17,18)(H2,19,20,21). The summed E-state index contributed by atoms with van der Waals surface area (Å²) in [5, 5.41) is 6.40. The first kappa shape index (κ1) is 16.3. The van der Waals surface area contributed by atoms with Crippen molar-refractivity contribution in [2.24, 2.45) is 0 Å². The number of nitrogens with zero attached hydrogens (tertiary/aromatic N) is 1. The molecule has 0 bridgehead atoms. The van der Waals surface area contributed by atoms with Crippen LogP contribution in [0.4, 0.5) is 15.6 Å². The van der Waals surface area contributed by atoms with Crippen LogP contribution in [0.3, 0.4) is 0 Å². The number of thiazole rings is 1. The van der Waals surface area contributed by atoms with Gasteiger partial charge in [-0.1, -0.05) is 26.0 Å². The molecule has 0 spiro atoms. The highest BCUT2D eigenvalue weighted by molar-refractivity contribution is 7.15. The molecule has 0 fully saturated rings. The first-order chi connectivity index (χ1) is 10.6. The van der Waals surface area contributed by atoms with Gasteiger partial charge in [0, 0.05) is 29.2 Å². The van der Waals surface area contributed by atoms with Crippen LogP contribution in [0.1, 0.15) is 37.1 Å². The zero-order chi connectivity index (χ0) is 15.9. The monoisotopic (exact) mass is 318 g/mol. The van der Waals surface area contributed by atoms with E-state index in [0.29, 0.717) is 5.13 Å². The molecule has 2 amide bonds. The normalized spacial score (nSPS) is 10.7. The largest absolute Gasteiger partial charge is 0.375 e. The Bertz CT molecular complexity index is 605. The molecule has 118 valence electrons. The number of aromatic nitrogens is 1. The number of nitrogen functional groups attached to an aromatic ring is 1. The van der Waals surface area contributed by atoms with Gasteiger partial charge in [-0.15, -0.1) is 11.3 Å². The van der Waals surface area contributed by atoms with E-state index in [0.717, 1.165) is 35.4 Å². The molecule has 0 saturated heterocycles. The van der Waals surface area contributed by atoms with Gasteiger partial charge in [-0.3, -0.25) is 0 Å². The molecule has 5 nitrogen and oxygen atoms in total. The van der Waals surface area contributed by atoms with Gasteiger partial charge in [0.1, 0.15) is 0 Å². The summed E-state index contributed by atoms with van der Waals surface area (Å²) < 4.78 is 0.